The number of aromatic nitrogens is 4. The molecule has 0 radical (unpaired) electrons. The standard InChI is InChI=1S/C23H23ClF4N6O2/c1-35-19-8-15(6-7-29-19)33-10-13-2-3-14(11-33)20(13)30-21-31-22(34(32-21)12-23(26,27)28)36-16-4-5-18(25)17(24)9-16/h4-9,13-14,20H,2-3,10-12H2,1H3,(H,30,32)/t13-,14+,20+. The van der Waals surface area contributed by atoms with Crippen molar-refractivity contribution in [2.75, 3.05) is 30.4 Å². The first-order valence-corrected chi connectivity index (χ1v) is 11.7. The Labute approximate surface area is 209 Å². The van der Waals surface area contributed by atoms with Crippen LogP contribution < -0.4 is 19.7 Å². The second-order valence-electron chi connectivity index (χ2n) is 8.90. The predicted octanol–water partition coefficient (Wildman–Crippen LogP) is 5.16. The molecular weight excluding hydrogens is 504 g/mol. The molecule has 1 N–H and O–H groups in total. The smallest absolute Gasteiger partial charge is 0.408 e. The molecule has 3 aromatic rings. The molecule has 1 aromatic carbocycles. The number of rotatable bonds is 7. The minimum absolute atomic E-state index is 0.000153. The molecule has 2 bridgehead atoms. The normalized spacial score (nSPS) is 21.5. The summed E-state index contributed by atoms with van der Waals surface area (Å²) >= 11 is 5.77. The van der Waals surface area contributed by atoms with E-state index in [1.165, 1.54) is 12.1 Å². The molecule has 2 aromatic heterocycles. The van der Waals surface area contributed by atoms with Crippen LogP contribution in [-0.2, 0) is 6.54 Å². The van der Waals surface area contributed by atoms with Crippen molar-refractivity contribution in [2.24, 2.45) is 11.8 Å². The van der Waals surface area contributed by atoms with Gasteiger partial charge in [0.25, 0.3) is 0 Å². The summed E-state index contributed by atoms with van der Waals surface area (Å²) in [6.07, 6.45) is -0.892. The summed E-state index contributed by atoms with van der Waals surface area (Å²) < 4.78 is 64.4. The van der Waals surface area contributed by atoms with Crippen LogP contribution >= 0.6 is 11.6 Å². The van der Waals surface area contributed by atoms with E-state index in [0.29, 0.717) is 10.6 Å². The number of hydrogen-bond donors (Lipinski definition) is 1. The highest BCUT2D eigenvalue weighted by Crippen LogP contribution is 2.40. The molecule has 2 aliphatic rings. The van der Waals surface area contributed by atoms with Gasteiger partial charge in [-0.25, -0.2) is 14.1 Å². The van der Waals surface area contributed by atoms with Crippen LogP contribution in [0.4, 0.5) is 29.2 Å². The van der Waals surface area contributed by atoms with E-state index in [-0.39, 0.29) is 40.6 Å². The van der Waals surface area contributed by atoms with E-state index in [4.69, 9.17) is 21.1 Å². The molecule has 0 spiro atoms. The maximum Gasteiger partial charge on any atom is 0.408 e. The summed E-state index contributed by atoms with van der Waals surface area (Å²) in [5.74, 6) is 0.452. The van der Waals surface area contributed by atoms with E-state index >= 15 is 0 Å². The molecule has 2 fully saturated rings. The van der Waals surface area contributed by atoms with E-state index in [2.05, 4.69) is 25.3 Å². The second kappa shape index (κ2) is 9.64. The second-order valence-corrected chi connectivity index (χ2v) is 9.31. The SMILES string of the molecule is COc1cc(N2C[C@H]3CC[C@@H](C2)[C@H]3Nc2nc(Oc3ccc(F)c(Cl)c3)n(CC(F)(F)F)n2)ccn1. The van der Waals surface area contributed by atoms with Gasteiger partial charge in [0.1, 0.15) is 18.1 Å². The van der Waals surface area contributed by atoms with Crippen LogP contribution in [0.25, 0.3) is 0 Å². The topological polar surface area (TPSA) is 77.3 Å². The molecule has 0 unspecified atom stereocenters. The van der Waals surface area contributed by atoms with Gasteiger partial charge >= 0.3 is 12.2 Å². The first-order valence-electron chi connectivity index (χ1n) is 11.3. The highest BCUT2D eigenvalue weighted by molar-refractivity contribution is 6.30. The molecule has 36 heavy (non-hydrogen) atoms. The Hall–Kier alpha value is -3.28. The van der Waals surface area contributed by atoms with Gasteiger partial charge in [0.2, 0.25) is 11.8 Å². The third kappa shape index (κ3) is 5.28. The molecule has 3 heterocycles. The number of methoxy groups -OCH3 is 1. The molecule has 0 amide bonds. The Morgan fingerprint density at radius 2 is 1.89 bits per heavy atom. The Balaban J connectivity index is 1.34. The summed E-state index contributed by atoms with van der Waals surface area (Å²) in [5, 5.41) is 7.06. The summed E-state index contributed by atoms with van der Waals surface area (Å²) in [7, 11) is 1.57. The van der Waals surface area contributed by atoms with Crippen LogP contribution in [0.2, 0.25) is 5.02 Å². The highest BCUT2D eigenvalue weighted by Gasteiger charge is 2.43. The molecular formula is C23H23ClF4N6O2. The molecule has 1 aliphatic carbocycles. The summed E-state index contributed by atoms with van der Waals surface area (Å²) in [5.41, 5.74) is 1.01. The van der Waals surface area contributed by atoms with Crippen molar-refractivity contribution in [1.82, 2.24) is 19.7 Å². The summed E-state index contributed by atoms with van der Waals surface area (Å²) in [6, 6.07) is 6.93. The average Bonchev–Trinajstić information content (AvgIpc) is 3.29. The third-order valence-corrected chi connectivity index (χ3v) is 6.78. The van der Waals surface area contributed by atoms with Crippen molar-refractivity contribution in [2.45, 2.75) is 31.6 Å². The van der Waals surface area contributed by atoms with Gasteiger partial charge in [-0.1, -0.05) is 11.6 Å². The molecule has 192 valence electrons. The van der Waals surface area contributed by atoms with Gasteiger partial charge in [-0.05, 0) is 42.9 Å². The van der Waals surface area contributed by atoms with Crippen LogP contribution in [0.3, 0.4) is 0 Å². The summed E-state index contributed by atoms with van der Waals surface area (Å²) in [6.45, 7) is 0.144. The van der Waals surface area contributed by atoms with Crippen molar-refractivity contribution in [3.8, 4) is 17.6 Å². The van der Waals surface area contributed by atoms with Crippen LogP contribution in [0.1, 0.15) is 12.8 Å². The number of benzene rings is 1. The van der Waals surface area contributed by atoms with E-state index in [9.17, 15) is 17.6 Å². The van der Waals surface area contributed by atoms with Crippen molar-refractivity contribution in [3.63, 3.8) is 0 Å². The van der Waals surface area contributed by atoms with E-state index in [1.54, 1.807) is 13.3 Å². The van der Waals surface area contributed by atoms with E-state index < -0.39 is 18.5 Å². The molecule has 13 heteroatoms. The predicted molar refractivity (Wildman–Crippen MR) is 124 cm³/mol. The Morgan fingerprint density at radius 1 is 1.14 bits per heavy atom. The van der Waals surface area contributed by atoms with Crippen LogP contribution in [0.15, 0.2) is 36.5 Å². The fourth-order valence-electron chi connectivity index (χ4n) is 4.91. The number of nitrogens with zero attached hydrogens (tertiary/aromatic N) is 5. The number of hydrogen-bond acceptors (Lipinski definition) is 7. The number of alkyl halides is 3. The highest BCUT2D eigenvalue weighted by atomic mass is 35.5. The first-order chi connectivity index (χ1) is 17.2. The molecule has 3 atom stereocenters. The minimum Gasteiger partial charge on any atom is -0.481 e. The number of anilines is 2. The number of halogens is 5. The van der Waals surface area contributed by atoms with Gasteiger partial charge in [0.05, 0.1) is 12.1 Å². The van der Waals surface area contributed by atoms with Gasteiger partial charge in [-0.3, -0.25) is 0 Å². The Kier molecular flexibility index (Phi) is 6.54. The van der Waals surface area contributed by atoms with Crippen molar-refractivity contribution >= 4 is 23.2 Å². The monoisotopic (exact) mass is 526 g/mol. The summed E-state index contributed by atoms with van der Waals surface area (Å²) in [4.78, 5) is 10.6. The number of piperidine rings is 1. The molecule has 8 nitrogen and oxygen atoms in total. The van der Waals surface area contributed by atoms with Crippen molar-refractivity contribution in [1.29, 1.82) is 0 Å². The van der Waals surface area contributed by atoms with E-state index in [0.717, 1.165) is 37.7 Å². The maximum atomic E-state index is 13.5. The quantitative estimate of drug-likeness (QED) is 0.426. The fourth-order valence-corrected chi connectivity index (χ4v) is 5.08. The zero-order chi connectivity index (χ0) is 25.4. The van der Waals surface area contributed by atoms with Gasteiger partial charge in [0, 0.05) is 43.1 Å². The van der Waals surface area contributed by atoms with Gasteiger partial charge in [0.15, 0.2) is 0 Å². The first kappa shape index (κ1) is 24.4. The maximum absolute atomic E-state index is 13.5. The van der Waals surface area contributed by atoms with Crippen molar-refractivity contribution in [3.05, 3.63) is 47.4 Å². The molecule has 1 saturated carbocycles. The van der Waals surface area contributed by atoms with Gasteiger partial charge in [-0.2, -0.15) is 18.2 Å². The lowest BCUT2D eigenvalue weighted by Gasteiger charge is -2.39. The zero-order valence-electron chi connectivity index (χ0n) is 19.2. The van der Waals surface area contributed by atoms with E-state index in [1.807, 2.05) is 12.1 Å². The lowest BCUT2D eigenvalue weighted by molar-refractivity contribution is -0.143. The largest absolute Gasteiger partial charge is 0.481 e. The number of fused-ring (bicyclic) bond motifs is 2. The van der Waals surface area contributed by atoms with Gasteiger partial charge < -0.3 is 19.7 Å². The number of ether oxygens (including phenoxy) is 2. The lowest BCUT2D eigenvalue weighted by atomic mass is 9.92. The van der Waals surface area contributed by atoms with Crippen LogP contribution in [0, 0.1) is 17.7 Å². The minimum atomic E-state index is -4.54. The Bertz CT molecular complexity index is 1230. The third-order valence-electron chi connectivity index (χ3n) is 6.49. The molecule has 5 rings (SSSR count). The van der Waals surface area contributed by atoms with Crippen LogP contribution in [-0.4, -0.2) is 52.2 Å². The Morgan fingerprint density at radius 3 is 2.56 bits per heavy atom. The number of nitrogens with one attached hydrogen (secondary N) is 1. The fraction of sp³-hybridized carbons (Fsp3) is 0.435. The average molecular weight is 527 g/mol. The zero-order valence-corrected chi connectivity index (χ0v) is 19.9. The molecule has 1 aliphatic heterocycles. The van der Waals surface area contributed by atoms with Gasteiger partial charge in [-0.15, -0.1) is 5.10 Å². The number of pyridine rings is 1. The molecule has 1 saturated heterocycles. The lowest BCUT2D eigenvalue weighted by Crippen LogP contribution is -2.48. The van der Waals surface area contributed by atoms with Crippen LogP contribution in [0.5, 0.6) is 17.6 Å². The van der Waals surface area contributed by atoms with Crippen molar-refractivity contribution < 1.29 is 27.0 Å².